The molecule has 0 radical (unpaired) electrons. The van der Waals surface area contributed by atoms with E-state index >= 15 is 0 Å². The molecule has 132 valence electrons. The second kappa shape index (κ2) is 6.62. The zero-order valence-electron chi connectivity index (χ0n) is 13.9. The summed E-state index contributed by atoms with van der Waals surface area (Å²) >= 11 is 0. The van der Waals surface area contributed by atoms with Crippen LogP contribution in [0.25, 0.3) is 0 Å². The molecule has 0 unspecified atom stereocenters. The van der Waals surface area contributed by atoms with Gasteiger partial charge in [0.05, 0.1) is 10.5 Å². The Kier molecular flexibility index (Phi) is 4.52. The first kappa shape index (κ1) is 17.1. The molecule has 1 heterocycles. The molecule has 1 aliphatic heterocycles. The predicted molar refractivity (Wildman–Crippen MR) is 88.0 cm³/mol. The van der Waals surface area contributed by atoms with E-state index in [9.17, 15) is 24.5 Å². The standard InChI is InChI=1S/C17H19N3O5/c1-10-5-7-11(8-6-10)18-14(21)9-19-16(22)12-3-2-4-13(20(24)25)15(12)17(19)23/h2-4,10-11H,5-9H2,1H3,(H,18,21). The van der Waals surface area contributed by atoms with E-state index < -0.39 is 34.9 Å². The molecule has 1 aliphatic carbocycles. The van der Waals surface area contributed by atoms with E-state index in [1.54, 1.807) is 0 Å². The normalized spacial score (nSPS) is 22.7. The van der Waals surface area contributed by atoms with E-state index in [0.717, 1.165) is 30.6 Å². The number of nitro benzene ring substituents is 1. The molecular weight excluding hydrogens is 326 g/mol. The third kappa shape index (κ3) is 3.24. The molecule has 1 saturated carbocycles. The van der Waals surface area contributed by atoms with Crippen molar-refractivity contribution in [2.75, 3.05) is 6.54 Å². The van der Waals surface area contributed by atoms with Gasteiger partial charge in [-0.2, -0.15) is 0 Å². The monoisotopic (exact) mass is 345 g/mol. The molecule has 1 aromatic rings. The smallest absolute Gasteiger partial charge is 0.282 e. The number of carbonyl (C=O) groups excluding carboxylic acids is 3. The lowest BCUT2D eigenvalue weighted by Crippen LogP contribution is -2.45. The number of carbonyl (C=O) groups is 3. The van der Waals surface area contributed by atoms with Gasteiger partial charge < -0.3 is 5.32 Å². The van der Waals surface area contributed by atoms with Crippen molar-refractivity contribution >= 4 is 23.4 Å². The van der Waals surface area contributed by atoms with Gasteiger partial charge >= 0.3 is 0 Å². The molecule has 2 aliphatic rings. The Labute approximate surface area is 144 Å². The zero-order chi connectivity index (χ0) is 18.1. The number of hydrogen-bond acceptors (Lipinski definition) is 5. The van der Waals surface area contributed by atoms with E-state index in [2.05, 4.69) is 12.2 Å². The van der Waals surface area contributed by atoms with Crippen molar-refractivity contribution in [3.63, 3.8) is 0 Å². The number of benzene rings is 1. The summed E-state index contributed by atoms with van der Waals surface area (Å²) in [5.41, 5.74) is -0.685. The van der Waals surface area contributed by atoms with Crippen LogP contribution in [0.3, 0.4) is 0 Å². The van der Waals surface area contributed by atoms with Crippen molar-refractivity contribution in [2.24, 2.45) is 5.92 Å². The number of rotatable bonds is 4. The van der Waals surface area contributed by atoms with Crippen molar-refractivity contribution in [3.05, 3.63) is 39.4 Å². The van der Waals surface area contributed by atoms with Crippen molar-refractivity contribution in [3.8, 4) is 0 Å². The molecule has 1 aromatic carbocycles. The molecule has 1 fully saturated rings. The predicted octanol–water partition coefficient (Wildman–Crippen LogP) is 1.89. The number of nitro groups is 1. The Morgan fingerprint density at radius 3 is 2.56 bits per heavy atom. The molecule has 8 nitrogen and oxygen atoms in total. The lowest BCUT2D eigenvalue weighted by atomic mass is 9.87. The molecule has 8 heteroatoms. The van der Waals surface area contributed by atoms with Gasteiger partial charge in [-0.3, -0.25) is 29.4 Å². The highest BCUT2D eigenvalue weighted by atomic mass is 16.6. The van der Waals surface area contributed by atoms with Crippen LogP contribution in [0.5, 0.6) is 0 Å². The van der Waals surface area contributed by atoms with E-state index in [-0.39, 0.29) is 17.2 Å². The Balaban J connectivity index is 1.71. The summed E-state index contributed by atoms with van der Waals surface area (Å²) in [6.45, 7) is 1.75. The van der Waals surface area contributed by atoms with Crippen LogP contribution in [0.2, 0.25) is 0 Å². The van der Waals surface area contributed by atoms with Crippen LogP contribution in [0, 0.1) is 16.0 Å². The van der Waals surface area contributed by atoms with Crippen molar-refractivity contribution in [2.45, 2.75) is 38.6 Å². The van der Waals surface area contributed by atoms with Gasteiger partial charge in [0.15, 0.2) is 0 Å². The van der Waals surface area contributed by atoms with Crippen LogP contribution in [0.4, 0.5) is 5.69 Å². The Hall–Kier alpha value is -2.77. The van der Waals surface area contributed by atoms with Gasteiger partial charge in [0.25, 0.3) is 17.5 Å². The fourth-order valence-corrected chi connectivity index (χ4v) is 3.43. The fraction of sp³-hybridized carbons (Fsp3) is 0.471. The van der Waals surface area contributed by atoms with Crippen LogP contribution >= 0.6 is 0 Å². The summed E-state index contributed by atoms with van der Waals surface area (Å²) < 4.78 is 0. The molecule has 0 bridgehead atoms. The minimum Gasteiger partial charge on any atom is -0.352 e. The molecule has 0 saturated heterocycles. The lowest BCUT2D eigenvalue weighted by Gasteiger charge is -2.27. The highest BCUT2D eigenvalue weighted by Gasteiger charge is 2.41. The minimum atomic E-state index is -0.792. The Morgan fingerprint density at radius 2 is 1.92 bits per heavy atom. The molecule has 0 spiro atoms. The van der Waals surface area contributed by atoms with Crippen LogP contribution in [-0.4, -0.2) is 40.1 Å². The van der Waals surface area contributed by atoms with Gasteiger partial charge in [0, 0.05) is 12.1 Å². The van der Waals surface area contributed by atoms with E-state index in [0.29, 0.717) is 5.92 Å². The average Bonchev–Trinajstić information content (AvgIpc) is 2.82. The third-order valence-corrected chi connectivity index (χ3v) is 4.86. The largest absolute Gasteiger partial charge is 0.352 e. The number of imide groups is 1. The number of fused-ring (bicyclic) bond motifs is 1. The Bertz CT molecular complexity index is 753. The molecule has 0 aromatic heterocycles. The minimum absolute atomic E-state index is 0.0292. The first-order valence-corrected chi connectivity index (χ1v) is 8.31. The summed E-state index contributed by atoms with van der Waals surface area (Å²) in [7, 11) is 0. The van der Waals surface area contributed by atoms with Crippen LogP contribution in [0.15, 0.2) is 18.2 Å². The number of nitrogens with zero attached hydrogens (tertiary/aromatic N) is 2. The summed E-state index contributed by atoms with van der Waals surface area (Å²) in [4.78, 5) is 48.2. The Morgan fingerprint density at radius 1 is 1.24 bits per heavy atom. The van der Waals surface area contributed by atoms with Crippen LogP contribution < -0.4 is 5.32 Å². The van der Waals surface area contributed by atoms with E-state index in [1.807, 2.05) is 0 Å². The molecule has 1 N–H and O–H groups in total. The highest BCUT2D eigenvalue weighted by Crippen LogP contribution is 2.30. The molecule has 0 atom stereocenters. The molecule has 3 rings (SSSR count). The number of nitrogens with one attached hydrogen (secondary N) is 1. The van der Waals surface area contributed by atoms with Gasteiger partial charge in [-0.15, -0.1) is 0 Å². The maximum atomic E-state index is 12.4. The summed E-state index contributed by atoms with van der Waals surface area (Å²) in [5, 5.41) is 13.9. The van der Waals surface area contributed by atoms with Crippen molar-refractivity contribution < 1.29 is 19.3 Å². The van der Waals surface area contributed by atoms with Gasteiger partial charge in [-0.05, 0) is 37.7 Å². The first-order chi connectivity index (χ1) is 11.9. The molecular formula is C17H19N3O5. The van der Waals surface area contributed by atoms with Crippen molar-refractivity contribution in [1.29, 1.82) is 0 Å². The fourth-order valence-electron chi connectivity index (χ4n) is 3.43. The zero-order valence-corrected chi connectivity index (χ0v) is 13.9. The second-order valence-electron chi connectivity index (χ2n) is 6.68. The quantitative estimate of drug-likeness (QED) is 0.509. The van der Waals surface area contributed by atoms with Gasteiger partial charge in [-0.25, -0.2) is 0 Å². The summed E-state index contributed by atoms with van der Waals surface area (Å²) in [6.07, 6.45) is 3.81. The average molecular weight is 345 g/mol. The first-order valence-electron chi connectivity index (χ1n) is 8.31. The van der Waals surface area contributed by atoms with Crippen molar-refractivity contribution in [1.82, 2.24) is 10.2 Å². The maximum absolute atomic E-state index is 12.4. The third-order valence-electron chi connectivity index (χ3n) is 4.86. The van der Waals surface area contributed by atoms with Crippen LogP contribution in [0.1, 0.15) is 53.3 Å². The molecule has 3 amide bonds. The van der Waals surface area contributed by atoms with Gasteiger partial charge in [-0.1, -0.05) is 13.0 Å². The van der Waals surface area contributed by atoms with Gasteiger partial charge in [0.1, 0.15) is 12.1 Å². The number of amides is 3. The SMILES string of the molecule is CC1CCC(NC(=O)CN2C(=O)c3cccc([N+](=O)[O-])c3C2=O)CC1. The van der Waals surface area contributed by atoms with E-state index in [1.165, 1.54) is 18.2 Å². The highest BCUT2D eigenvalue weighted by molar-refractivity contribution is 6.24. The summed E-state index contributed by atoms with van der Waals surface area (Å²) in [5.74, 6) is -1.24. The van der Waals surface area contributed by atoms with E-state index in [4.69, 9.17) is 0 Å². The lowest BCUT2D eigenvalue weighted by molar-refractivity contribution is -0.385. The molecule has 25 heavy (non-hydrogen) atoms. The summed E-state index contributed by atoms with van der Waals surface area (Å²) in [6, 6.07) is 3.95. The number of hydrogen-bond donors (Lipinski definition) is 1. The van der Waals surface area contributed by atoms with Crippen LogP contribution in [-0.2, 0) is 4.79 Å². The topological polar surface area (TPSA) is 110 Å². The van der Waals surface area contributed by atoms with Gasteiger partial charge in [0.2, 0.25) is 5.91 Å². The maximum Gasteiger partial charge on any atom is 0.282 e. The second-order valence-corrected chi connectivity index (χ2v) is 6.68.